The zero-order chi connectivity index (χ0) is 8.74. The van der Waals surface area contributed by atoms with Gasteiger partial charge in [-0.05, 0) is 32.5 Å². The summed E-state index contributed by atoms with van der Waals surface area (Å²) < 4.78 is 10.9. The summed E-state index contributed by atoms with van der Waals surface area (Å²) in [7, 11) is -0.104. The fraction of sp³-hybridized carbons (Fsp3) is 1.00. The van der Waals surface area contributed by atoms with Gasteiger partial charge in [-0.25, -0.2) is 0 Å². The van der Waals surface area contributed by atoms with Gasteiger partial charge >= 0.3 is 8.56 Å². The Hall–Kier alpha value is 0.0969. The number of rotatable bonds is 6. The van der Waals surface area contributed by atoms with Crippen molar-refractivity contribution >= 4 is 8.56 Å². The quantitative estimate of drug-likeness (QED) is 0.618. The van der Waals surface area contributed by atoms with Crippen molar-refractivity contribution in [3.8, 4) is 0 Å². The number of hydrogen-bond donors (Lipinski definition) is 1. The molecule has 0 aromatic carbocycles. The first-order chi connectivity index (χ1) is 5.18. The van der Waals surface area contributed by atoms with Crippen LogP contribution in [0.15, 0.2) is 0 Å². The highest BCUT2D eigenvalue weighted by Gasteiger charge is 2.28. The first-order valence-electron chi connectivity index (χ1n) is 4.07. The summed E-state index contributed by atoms with van der Waals surface area (Å²) in [6, 6.07) is 0.994. The van der Waals surface area contributed by atoms with Crippen LogP contribution in [0.2, 0.25) is 12.6 Å². The summed E-state index contributed by atoms with van der Waals surface area (Å²) >= 11 is 0. The molecule has 4 heteroatoms. The molecule has 0 aromatic heterocycles. The highest BCUT2D eigenvalue weighted by Crippen LogP contribution is 2.13. The molecule has 2 N–H and O–H groups in total. The van der Waals surface area contributed by atoms with Crippen molar-refractivity contribution in [2.75, 3.05) is 20.3 Å². The van der Waals surface area contributed by atoms with Gasteiger partial charge in [0.05, 0.1) is 0 Å². The van der Waals surface area contributed by atoms with E-state index in [2.05, 4.69) is 6.55 Å². The third-order valence-electron chi connectivity index (χ3n) is 1.72. The van der Waals surface area contributed by atoms with Crippen LogP contribution in [0.5, 0.6) is 0 Å². The second-order valence-corrected chi connectivity index (χ2v) is 6.13. The van der Waals surface area contributed by atoms with Gasteiger partial charge in [-0.2, -0.15) is 0 Å². The van der Waals surface area contributed by atoms with E-state index in [1.54, 1.807) is 7.11 Å². The molecule has 0 aromatic rings. The Kier molecular flexibility index (Phi) is 5.76. The number of nitrogens with two attached hydrogens (primary N) is 1. The first-order valence-corrected chi connectivity index (χ1v) is 6.60. The van der Waals surface area contributed by atoms with Crippen molar-refractivity contribution < 1.29 is 8.85 Å². The van der Waals surface area contributed by atoms with Crippen LogP contribution in [0.1, 0.15) is 13.3 Å². The molecular formula is C7H19NO2Si. The van der Waals surface area contributed by atoms with Gasteiger partial charge in [0.15, 0.2) is 0 Å². The Balaban J connectivity index is 3.68. The third-order valence-corrected chi connectivity index (χ3v) is 4.74. The summed E-state index contributed by atoms with van der Waals surface area (Å²) in [4.78, 5) is 0. The molecule has 68 valence electrons. The van der Waals surface area contributed by atoms with Crippen molar-refractivity contribution in [1.29, 1.82) is 0 Å². The van der Waals surface area contributed by atoms with Crippen molar-refractivity contribution in [1.82, 2.24) is 0 Å². The van der Waals surface area contributed by atoms with Crippen LogP contribution >= 0.6 is 0 Å². The Morgan fingerprint density at radius 2 is 2.09 bits per heavy atom. The Morgan fingerprint density at radius 3 is 2.45 bits per heavy atom. The maximum atomic E-state index is 5.54. The van der Waals surface area contributed by atoms with Gasteiger partial charge in [0.2, 0.25) is 0 Å². The molecule has 1 unspecified atom stereocenters. The molecule has 11 heavy (non-hydrogen) atoms. The van der Waals surface area contributed by atoms with Gasteiger partial charge in [0.1, 0.15) is 0 Å². The fourth-order valence-corrected chi connectivity index (χ4v) is 2.88. The molecule has 0 fully saturated rings. The van der Waals surface area contributed by atoms with Gasteiger partial charge < -0.3 is 14.6 Å². The molecule has 0 aliphatic carbocycles. The summed E-state index contributed by atoms with van der Waals surface area (Å²) in [6.45, 7) is 5.53. The summed E-state index contributed by atoms with van der Waals surface area (Å²) in [6.07, 6.45) is 0.997. The van der Waals surface area contributed by atoms with Crippen LogP contribution in [-0.2, 0) is 8.85 Å². The van der Waals surface area contributed by atoms with E-state index in [4.69, 9.17) is 14.6 Å². The van der Waals surface area contributed by atoms with Crippen LogP contribution in [0.25, 0.3) is 0 Å². The van der Waals surface area contributed by atoms with Crippen molar-refractivity contribution in [2.24, 2.45) is 5.73 Å². The second-order valence-electron chi connectivity index (χ2n) is 2.66. The Bertz CT molecular complexity index is 102. The average molecular weight is 177 g/mol. The second kappa shape index (κ2) is 5.71. The van der Waals surface area contributed by atoms with E-state index in [-0.39, 0.29) is 0 Å². The zero-order valence-electron chi connectivity index (χ0n) is 7.72. The number of hydrogen-bond acceptors (Lipinski definition) is 3. The van der Waals surface area contributed by atoms with Gasteiger partial charge in [0, 0.05) is 13.7 Å². The van der Waals surface area contributed by atoms with Gasteiger partial charge in [-0.3, -0.25) is 0 Å². The Morgan fingerprint density at radius 1 is 1.45 bits per heavy atom. The van der Waals surface area contributed by atoms with E-state index >= 15 is 0 Å². The molecule has 0 spiro atoms. The lowest BCUT2D eigenvalue weighted by atomic mass is 10.5. The molecule has 0 bridgehead atoms. The summed E-state index contributed by atoms with van der Waals surface area (Å²) in [5.74, 6) is 0. The fourth-order valence-electron chi connectivity index (χ4n) is 0.962. The predicted molar refractivity (Wildman–Crippen MR) is 48.7 cm³/mol. The predicted octanol–water partition coefficient (Wildman–Crippen LogP) is 1.09. The average Bonchev–Trinajstić information content (AvgIpc) is 2.02. The SMILES string of the molecule is CCO[Si](C)(CCCN)OC. The van der Waals surface area contributed by atoms with Crippen LogP contribution in [-0.4, -0.2) is 28.8 Å². The maximum Gasteiger partial charge on any atom is 0.334 e. The smallest absolute Gasteiger partial charge is 0.334 e. The van der Waals surface area contributed by atoms with Gasteiger partial charge in [0.25, 0.3) is 0 Å². The molecule has 0 aliphatic heterocycles. The van der Waals surface area contributed by atoms with Crippen molar-refractivity contribution in [3.63, 3.8) is 0 Å². The maximum absolute atomic E-state index is 5.54. The highest BCUT2D eigenvalue weighted by molar-refractivity contribution is 6.65. The first kappa shape index (κ1) is 11.1. The zero-order valence-corrected chi connectivity index (χ0v) is 8.72. The molecule has 0 saturated carbocycles. The third kappa shape index (κ3) is 4.52. The van der Waals surface area contributed by atoms with Crippen LogP contribution in [0.4, 0.5) is 0 Å². The topological polar surface area (TPSA) is 44.5 Å². The van der Waals surface area contributed by atoms with E-state index in [9.17, 15) is 0 Å². The highest BCUT2D eigenvalue weighted by atomic mass is 28.4. The molecule has 0 aliphatic rings. The standard InChI is InChI=1S/C7H19NO2Si/c1-4-10-11(3,9-2)7-5-6-8/h4-8H2,1-3H3. The lowest BCUT2D eigenvalue weighted by molar-refractivity contribution is 0.214. The molecule has 1 atom stereocenters. The summed E-state index contributed by atoms with van der Waals surface area (Å²) in [5, 5.41) is 0. The van der Waals surface area contributed by atoms with Crippen molar-refractivity contribution in [3.05, 3.63) is 0 Å². The van der Waals surface area contributed by atoms with Crippen LogP contribution < -0.4 is 5.73 Å². The van der Waals surface area contributed by atoms with Gasteiger partial charge in [-0.15, -0.1) is 0 Å². The minimum absolute atomic E-state index is 0.721. The monoisotopic (exact) mass is 177 g/mol. The molecule has 0 amide bonds. The molecule has 3 nitrogen and oxygen atoms in total. The Labute approximate surface area is 70.1 Å². The molecular weight excluding hydrogens is 158 g/mol. The summed E-state index contributed by atoms with van der Waals surface area (Å²) in [5.41, 5.74) is 5.40. The normalized spacial score (nSPS) is 16.4. The van der Waals surface area contributed by atoms with Crippen LogP contribution in [0.3, 0.4) is 0 Å². The van der Waals surface area contributed by atoms with E-state index in [1.807, 2.05) is 6.92 Å². The molecule has 0 saturated heterocycles. The van der Waals surface area contributed by atoms with Crippen molar-refractivity contribution in [2.45, 2.75) is 25.9 Å². The largest absolute Gasteiger partial charge is 0.398 e. The molecule has 0 rings (SSSR count). The minimum atomic E-state index is -1.82. The van der Waals surface area contributed by atoms with Crippen LogP contribution in [0, 0.1) is 0 Å². The minimum Gasteiger partial charge on any atom is -0.398 e. The van der Waals surface area contributed by atoms with E-state index in [0.717, 1.165) is 25.6 Å². The van der Waals surface area contributed by atoms with E-state index in [1.165, 1.54) is 0 Å². The van der Waals surface area contributed by atoms with E-state index in [0.29, 0.717) is 0 Å². The molecule has 0 heterocycles. The molecule has 0 radical (unpaired) electrons. The lowest BCUT2D eigenvalue weighted by Gasteiger charge is -2.23. The van der Waals surface area contributed by atoms with Gasteiger partial charge in [-0.1, -0.05) is 0 Å². The van der Waals surface area contributed by atoms with E-state index < -0.39 is 8.56 Å². The lowest BCUT2D eigenvalue weighted by Crippen LogP contribution is -2.37.